The Morgan fingerprint density at radius 3 is 2.42 bits per heavy atom. The van der Waals surface area contributed by atoms with Crippen LogP contribution >= 0.6 is 0 Å². The largest absolute Gasteiger partial charge is 0.396 e. The van der Waals surface area contributed by atoms with Gasteiger partial charge in [-0.25, -0.2) is 0 Å². The standard InChI is InChI=1S/C11H14O/c1-2-10-5-7-11(8-6-10)4-3-9-12/h2,5-8,12H,1,3-4,9H2. The summed E-state index contributed by atoms with van der Waals surface area (Å²) in [5.74, 6) is 0. The zero-order valence-electron chi connectivity index (χ0n) is 7.16. The maximum atomic E-state index is 8.61. The molecular weight excluding hydrogens is 148 g/mol. The molecule has 1 aromatic rings. The van der Waals surface area contributed by atoms with Crippen LogP contribution in [0, 0.1) is 0 Å². The molecule has 0 spiro atoms. The van der Waals surface area contributed by atoms with Crippen molar-refractivity contribution in [3.63, 3.8) is 0 Å². The lowest BCUT2D eigenvalue weighted by molar-refractivity contribution is 0.288. The van der Waals surface area contributed by atoms with Crippen LogP contribution in [0.1, 0.15) is 17.5 Å². The van der Waals surface area contributed by atoms with Gasteiger partial charge in [-0.1, -0.05) is 36.9 Å². The first kappa shape index (κ1) is 9.01. The molecule has 0 aliphatic rings. The Morgan fingerprint density at radius 1 is 1.25 bits per heavy atom. The monoisotopic (exact) mass is 162 g/mol. The Kier molecular flexibility index (Phi) is 3.55. The molecule has 0 atom stereocenters. The van der Waals surface area contributed by atoms with Crippen molar-refractivity contribution in [2.45, 2.75) is 12.8 Å². The molecular formula is C11H14O. The summed E-state index contributed by atoms with van der Waals surface area (Å²) in [5, 5.41) is 8.61. The average Bonchev–Trinajstić information content (AvgIpc) is 2.15. The molecule has 0 saturated carbocycles. The van der Waals surface area contributed by atoms with Gasteiger partial charge in [0.15, 0.2) is 0 Å². The Hall–Kier alpha value is -1.08. The van der Waals surface area contributed by atoms with E-state index in [9.17, 15) is 0 Å². The molecule has 1 aromatic carbocycles. The first-order valence-electron chi connectivity index (χ1n) is 4.19. The highest BCUT2D eigenvalue weighted by atomic mass is 16.2. The fourth-order valence-corrected chi connectivity index (χ4v) is 1.10. The van der Waals surface area contributed by atoms with Gasteiger partial charge in [-0.15, -0.1) is 0 Å². The van der Waals surface area contributed by atoms with Crippen LogP contribution in [0.3, 0.4) is 0 Å². The van der Waals surface area contributed by atoms with E-state index in [4.69, 9.17) is 5.11 Å². The molecule has 0 aliphatic heterocycles. The molecule has 1 N–H and O–H groups in total. The lowest BCUT2D eigenvalue weighted by atomic mass is 10.1. The Labute approximate surface area is 73.4 Å². The maximum absolute atomic E-state index is 8.61. The van der Waals surface area contributed by atoms with Gasteiger partial charge >= 0.3 is 0 Å². The molecule has 0 aliphatic carbocycles. The predicted octanol–water partition coefficient (Wildman–Crippen LogP) is 2.25. The first-order chi connectivity index (χ1) is 5.86. The summed E-state index contributed by atoms with van der Waals surface area (Å²) in [7, 11) is 0. The second kappa shape index (κ2) is 4.73. The SMILES string of the molecule is C=Cc1ccc(CCCO)cc1. The number of rotatable bonds is 4. The Morgan fingerprint density at radius 2 is 1.92 bits per heavy atom. The van der Waals surface area contributed by atoms with E-state index < -0.39 is 0 Å². The third-order valence-electron chi connectivity index (χ3n) is 1.84. The number of hydrogen-bond donors (Lipinski definition) is 1. The van der Waals surface area contributed by atoms with E-state index in [0.717, 1.165) is 18.4 Å². The molecule has 1 heteroatoms. The molecule has 0 fully saturated rings. The van der Waals surface area contributed by atoms with Gasteiger partial charge in [-0.05, 0) is 24.0 Å². The molecule has 0 aromatic heterocycles. The number of benzene rings is 1. The molecule has 0 bridgehead atoms. The molecule has 0 heterocycles. The fraction of sp³-hybridized carbons (Fsp3) is 0.273. The highest BCUT2D eigenvalue weighted by molar-refractivity contribution is 5.47. The van der Waals surface area contributed by atoms with Gasteiger partial charge in [0.25, 0.3) is 0 Å². The normalized spacial score (nSPS) is 9.75. The van der Waals surface area contributed by atoms with Crippen LogP contribution in [0.4, 0.5) is 0 Å². The van der Waals surface area contributed by atoms with Crippen LogP contribution in [0.25, 0.3) is 6.08 Å². The average molecular weight is 162 g/mol. The summed E-state index contributed by atoms with van der Waals surface area (Å²) in [6.45, 7) is 3.95. The van der Waals surface area contributed by atoms with Crippen molar-refractivity contribution >= 4 is 6.08 Å². The summed E-state index contributed by atoms with van der Waals surface area (Å²) in [6.07, 6.45) is 3.62. The summed E-state index contributed by atoms with van der Waals surface area (Å²) >= 11 is 0. The zero-order chi connectivity index (χ0) is 8.81. The summed E-state index contributed by atoms with van der Waals surface area (Å²) < 4.78 is 0. The quantitative estimate of drug-likeness (QED) is 0.720. The zero-order valence-corrected chi connectivity index (χ0v) is 7.16. The van der Waals surface area contributed by atoms with E-state index in [1.54, 1.807) is 0 Å². The van der Waals surface area contributed by atoms with Crippen molar-refractivity contribution in [2.24, 2.45) is 0 Å². The van der Waals surface area contributed by atoms with Gasteiger partial charge in [0, 0.05) is 6.61 Å². The summed E-state index contributed by atoms with van der Waals surface area (Å²) in [5.41, 5.74) is 2.41. The topological polar surface area (TPSA) is 20.2 Å². The van der Waals surface area contributed by atoms with Gasteiger partial charge in [0.1, 0.15) is 0 Å². The molecule has 0 saturated heterocycles. The van der Waals surface area contributed by atoms with E-state index in [0.29, 0.717) is 0 Å². The third kappa shape index (κ3) is 2.51. The van der Waals surface area contributed by atoms with Crippen molar-refractivity contribution in [1.29, 1.82) is 0 Å². The molecule has 0 amide bonds. The minimum absolute atomic E-state index is 0.267. The van der Waals surface area contributed by atoms with Crippen molar-refractivity contribution in [3.8, 4) is 0 Å². The molecule has 0 radical (unpaired) electrons. The van der Waals surface area contributed by atoms with Crippen LogP contribution in [-0.4, -0.2) is 11.7 Å². The second-order valence-corrected chi connectivity index (χ2v) is 2.77. The lowest BCUT2D eigenvalue weighted by Gasteiger charge is -1.99. The predicted molar refractivity (Wildman–Crippen MR) is 51.9 cm³/mol. The highest BCUT2D eigenvalue weighted by Gasteiger charge is 1.91. The van der Waals surface area contributed by atoms with Crippen LogP contribution in [-0.2, 0) is 6.42 Å². The molecule has 1 nitrogen and oxygen atoms in total. The Bertz CT molecular complexity index is 236. The van der Waals surface area contributed by atoms with Gasteiger partial charge in [-0.3, -0.25) is 0 Å². The van der Waals surface area contributed by atoms with Gasteiger partial charge in [0.2, 0.25) is 0 Å². The van der Waals surface area contributed by atoms with Gasteiger partial charge < -0.3 is 5.11 Å². The van der Waals surface area contributed by atoms with Crippen molar-refractivity contribution in [1.82, 2.24) is 0 Å². The second-order valence-electron chi connectivity index (χ2n) is 2.77. The summed E-state index contributed by atoms with van der Waals surface area (Å²) in [6, 6.07) is 8.23. The van der Waals surface area contributed by atoms with Crippen LogP contribution in [0.5, 0.6) is 0 Å². The van der Waals surface area contributed by atoms with E-state index in [1.807, 2.05) is 18.2 Å². The first-order valence-corrected chi connectivity index (χ1v) is 4.19. The van der Waals surface area contributed by atoms with Gasteiger partial charge in [-0.2, -0.15) is 0 Å². The van der Waals surface area contributed by atoms with Gasteiger partial charge in [0.05, 0.1) is 0 Å². The minimum atomic E-state index is 0.267. The molecule has 64 valence electrons. The number of aliphatic hydroxyl groups excluding tert-OH is 1. The number of aryl methyl sites for hydroxylation is 1. The van der Waals surface area contributed by atoms with Crippen LogP contribution in [0.15, 0.2) is 30.8 Å². The van der Waals surface area contributed by atoms with Crippen LogP contribution < -0.4 is 0 Å². The fourth-order valence-electron chi connectivity index (χ4n) is 1.10. The highest BCUT2D eigenvalue weighted by Crippen LogP contribution is 2.06. The van der Waals surface area contributed by atoms with E-state index in [1.165, 1.54) is 5.56 Å². The van der Waals surface area contributed by atoms with Crippen LogP contribution in [0.2, 0.25) is 0 Å². The smallest absolute Gasteiger partial charge is 0.0434 e. The molecule has 12 heavy (non-hydrogen) atoms. The lowest BCUT2D eigenvalue weighted by Crippen LogP contribution is -1.88. The summed E-state index contributed by atoms with van der Waals surface area (Å²) in [4.78, 5) is 0. The van der Waals surface area contributed by atoms with E-state index in [-0.39, 0.29) is 6.61 Å². The third-order valence-corrected chi connectivity index (χ3v) is 1.84. The number of hydrogen-bond acceptors (Lipinski definition) is 1. The van der Waals surface area contributed by atoms with Crippen molar-refractivity contribution < 1.29 is 5.11 Å². The number of aliphatic hydroxyl groups is 1. The van der Waals surface area contributed by atoms with Crippen molar-refractivity contribution in [2.75, 3.05) is 6.61 Å². The maximum Gasteiger partial charge on any atom is 0.0434 e. The van der Waals surface area contributed by atoms with E-state index in [2.05, 4.69) is 18.7 Å². The Balaban J connectivity index is 2.58. The minimum Gasteiger partial charge on any atom is -0.396 e. The molecule has 1 rings (SSSR count). The van der Waals surface area contributed by atoms with Crippen molar-refractivity contribution in [3.05, 3.63) is 42.0 Å². The van der Waals surface area contributed by atoms with E-state index >= 15 is 0 Å². The molecule has 0 unspecified atom stereocenters.